The molecule has 3 heterocycles. The Balaban J connectivity index is 0.00000256. The van der Waals surface area contributed by atoms with E-state index in [2.05, 4.69) is 30.4 Å². The molecule has 1 unspecified atom stereocenters. The molecule has 0 aliphatic carbocycles. The van der Waals surface area contributed by atoms with Gasteiger partial charge in [-0.25, -0.2) is 8.78 Å². The first-order chi connectivity index (χ1) is 14.2. The van der Waals surface area contributed by atoms with Crippen LogP contribution in [0.25, 0.3) is 0 Å². The van der Waals surface area contributed by atoms with Crippen LogP contribution in [-0.2, 0) is 19.5 Å². The second kappa shape index (κ2) is 10.4. The van der Waals surface area contributed by atoms with E-state index in [1.165, 1.54) is 24.6 Å². The van der Waals surface area contributed by atoms with Crippen molar-refractivity contribution in [1.82, 2.24) is 25.4 Å². The van der Waals surface area contributed by atoms with Crippen LogP contribution in [-0.4, -0.2) is 46.9 Å². The van der Waals surface area contributed by atoms with E-state index in [0.717, 1.165) is 43.9 Å². The van der Waals surface area contributed by atoms with Crippen LogP contribution in [0.4, 0.5) is 14.5 Å². The van der Waals surface area contributed by atoms with Crippen molar-refractivity contribution in [3.8, 4) is 0 Å². The lowest BCUT2D eigenvalue weighted by atomic mass is 10.2. The fraction of sp³-hybridized carbons (Fsp3) is 0.550. The third-order valence-electron chi connectivity index (χ3n) is 5.61. The molecule has 10 heteroatoms. The zero-order valence-corrected chi connectivity index (χ0v) is 19.4. The molecule has 1 aromatic carbocycles. The number of anilines is 1. The summed E-state index contributed by atoms with van der Waals surface area (Å²) < 4.78 is 30.3. The number of fused-ring (bicyclic) bond motifs is 1. The van der Waals surface area contributed by atoms with Gasteiger partial charge in [-0.3, -0.25) is 4.99 Å². The normalized spacial score (nSPS) is 19.1. The highest BCUT2D eigenvalue weighted by Gasteiger charge is 2.27. The summed E-state index contributed by atoms with van der Waals surface area (Å²) in [6.07, 6.45) is 5.28. The number of guanidine groups is 1. The van der Waals surface area contributed by atoms with E-state index in [4.69, 9.17) is 0 Å². The van der Waals surface area contributed by atoms with Gasteiger partial charge in [0.2, 0.25) is 0 Å². The Hall–Kier alpha value is -1.98. The van der Waals surface area contributed by atoms with Crippen LogP contribution in [0.1, 0.15) is 37.3 Å². The number of aryl methyl sites for hydroxylation is 1. The van der Waals surface area contributed by atoms with Crippen molar-refractivity contribution in [2.45, 2.75) is 51.2 Å². The molecule has 2 N–H and O–H groups in total. The van der Waals surface area contributed by atoms with E-state index in [1.807, 2.05) is 0 Å². The van der Waals surface area contributed by atoms with Gasteiger partial charge in [0, 0.05) is 39.1 Å². The van der Waals surface area contributed by atoms with E-state index in [1.54, 1.807) is 11.9 Å². The molecule has 1 atom stereocenters. The van der Waals surface area contributed by atoms with Gasteiger partial charge in [-0.2, -0.15) is 0 Å². The van der Waals surface area contributed by atoms with Gasteiger partial charge in [-0.15, -0.1) is 34.2 Å². The lowest BCUT2D eigenvalue weighted by molar-refractivity contribution is 0.575. The zero-order chi connectivity index (χ0) is 20.2. The number of aromatic nitrogens is 3. The van der Waals surface area contributed by atoms with E-state index in [-0.39, 0.29) is 35.7 Å². The molecular formula is C20H28F2IN7. The van der Waals surface area contributed by atoms with E-state index in [0.29, 0.717) is 25.6 Å². The minimum absolute atomic E-state index is 0. The average Bonchev–Trinajstić information content (AvgIpc) is 3.25. The van der Waals surface area contributed by atoms with Gasteiger partial charge in [0.05, 0.1) is 6.54 Å². The predicted octanol–water partition coefficient (Wildman–Crippen LogP) is 2.84. The summed E-state index contributed by atoms with van der Waals surface area (Å²) in [5.41, 5.74) is 0.0471. The largest absolute Gasteiger partial charge is 0.365 e. The van der Waals surface area contributed by atoms with Crippen LogP contribution in [0.2, 0.25) is 0 Å². The van der Waals surface area contributed by atoms with Gasteiger partial charge >= 0.3 is 0 Å². The van der Waals surface area contributed by atoms with Crippen molar-refractivity contribution in [3.63, 3.8) is 0 Å². The Bertz CT molecular complexity index is 866. The molecule has 0 radical (unpaired) electrons. The van der Waals surface area contributed by atoms with E-state index >= 15 is 0 Å². The van der Waals surface area contributed by atoms with Gasteiger partial charge in [-0.1, -0.05) is 12.5 Å². The summed E-state index contributed by atoms with van der Waals surface area (Å²) in [7, 11) is 1.71. The summed E-state index contributed by atoms with van der Waals surface area (Å²) in [5, 5.41) is 15.3. The average molecular weight is 531 g/mol. The van der Waals surface area contributed by atoms with Crippen molar-refractivity contribution in [3.05, 3.63) is 41.5 Å². The number of hydrogen-bond donors (Lipinski definition) is 2. The summed E-state index contributed by atoms with van der Waals surface area (Å²) >= 11 is 0. The zero-order valence-electron chi connectivity index (χ0n) is 17.1. The van der Waals surface area contributed by atoms with Crippen molar-refractivity contribution in [2.75, 3.05) is 25.0 Å². The smallest absolute Gasteiger partial charge is 0.191 e. The molecule has 0 amide bonds. The fourth-order valence-corrected chi connectivity index (χ4v) is 4.10. The quantitative estimate of drug-likeness (QED) is 0.361. The molecule has 7 nitrogen and oxygen atoms in total. The molecule has 4 rings (SSSR count). The van der Waals surface area contributed by atoms with Crippen LogP contribution < -0.4 is 15.5 Å². The Morgan fingerprint density at radius 2 is 1.97 bits per heavy atom. The molecular weight excluding hydrogens is 503 g/mol. The molecule has 30 heavy (non-hydrogen) atoms. The lowest BCUT2D eigenvalue weighted by Crippen LogP contribution is -2.44. The minimum Gasteiger partial charge on any atom is -0.365 e. The van der Waals surface area contributed by atoms with Crippen LogP contribution in [0.3, 0.4) is 0 Å². The van der Waals surface area contributed by atoms with Gasteiger partial charge in [0.1, 0.15) is 23.1 Å². The number of para-hydroxylation sites is 1. The van der Waals surface area contributed by atoms with E-state index < -0.39 is 11.6 Å². The summed E-state index contributed by atoms with van der Waals surface area (Å²) in [4.78, 5) is 6.03. The molecule has 0 bridgehead atoms. The number of hydrogen-bond acceptors (Lipinski definition) is 4. The van der Waals surface area contributed by atoms with Gasteiger partial charge in [-0.05, 0) is 31.4 Å². The summed E-state index contributed by atoms with van der Waals surface area (Å²) in [6.45, 7) is 2.59. The van der Waals surface area contributed by atoms with Crippen molar-refractivity contribution in [1.29, 1.82) is 0 Å². The molecule has 1 fully saturated rings. The van der Waals surface area contributed by atoms with Crippen LogP contribution in [0, 0.1) is 11.6 Å². The minimum atomic E-state index is -0.527. The first-order valence-electron chi connectivity index (χ1n) is 10.2. The van der Waals surface area contributed by atoms with Gasteiger partial charge < -0.3 is 20.1 Å². The molecule has 1 saturated heterocycles. The Morgan fingerprint density at radius 1 is 1.17 bits per heavy atom. The second-order valence-electron chi connectivity index (χ2n) is 7.57. The van der Waals surface area contributed by atoms with Crippen molar-refractivity contribution < 1.29 is 8.78 Å². The van der Waals surface area contributed by atoms with Crippen LogP contribution >= 0.6 is 24.0 Å². The van der Waals surface area contributed by atoms with Crippen LogP contribution in [0.5, 0.6) is 0 Å². The summed E-state index contributed by atoms with van der Waals surface area (Å²) in [5.74, 6) is 1.56. The lowest BCUT2D eigenvalue weighted by Gasteiger charge is -2.21. The van der Waals surface area contributed by atoms with Crippen LogP contribution in [0.15, 0.2) is 23.2 Å². The number of halogens is 3. The SMILES string of the molecule is CN=C(NCc1nnc2n1CCCCC2)NC1CCN(c2c(F)cccc2F)C1.I. The molecule has 0 saturated carbocycles. The third-order valence-corrected chi connectivity index (χ3v) is 5.61. The molecule has 1 aromatic heterocycles. The monoisotopic (exact) mass is 531 g/mol. The highest BCUT2D eigenvalue weighted by atomic mass is 127. The predicted molar refractivity (Wildman–Crippen MR) is 123 cm³/mol. The standard InChI is InChI=1S/C20H27F2N7.HI/c1-23-20(24-12-18-27-26-17-8-3-2-4-10-29(17)18)25-14-9-11-28(13-14)19-15(21)6-5-7-16(19)22;/h5-7,14H,2-4,8-13H2,1H3,(H2,23,24,25);1H. The number of benzene rings is 1. The first kappa shape index (κ1) is 22.7. The van der Waals surface area contributed by atoms with Gasteiger partial charge in [0.25, 0.3) is 0 Å². The third kappa shape index (κ3) is 5.01. The molecule has 2 aliphatic heterocycles. The Labute approximate surface area is 192 Å². The Morgan fingerprint density at radius 3 is 2.73 bits per heavy atom. The van der Waals surface area contributed by atoms with Crippen molar-refractivity contribution >= 4 is 35.6 Å². The summed E-state index contributed by atoms with van der Waals surface area (Å²) in [6, 6.07) is 4.02. The highest BCUT2D eigenvalue weighted by Crippen LogP contribution is 2.26. The number of rotatable bonds is 4. The number of nitrogens with zero attached hydrogens (tertiary/aromatic N) is 5. The molecule has 164 valence electrons. The second-order valence-corrected chi connectivity index (χ2v) is 7.57. The molecule has 2 aromatic rings. The Kier molecular flexibility index (Phi) is 7.84. The van der Waals surface area contributed by atoms with E-state index in [9.17, 15) is 8.78 Å². The fourth-order valence-electron chi connectivity index (χ4n) is 4.10. The maximum Gasteiger partial charge on any atom is 0.191 e. The number of aliphatic imine (C=N–C) groups is 1. The first-order valence-corrected chi connectivity index (χ1v) is 10.2. The van der Waals surface area contributed by atoms with Gasteiger partial charge in [0.15, 0.2) is 11.8 Å². The highest BCUT2D eigenvalue weighted by molar-refractivity contribution is 14.0. The molecule has 0 spiro atoms. The number of nitrogens with one attached hydrogen (secondary N) is 2. The van der Waals surface area contributed by atoms with Crippen molar-refractivity contribution in [2.24, 2.45) is 4.99 Å². The molecule has 2 aliphatic rings. The maximum atomic E-state index is 14.0. The topological polar surface area (TPSA) is 70.4 Å². The maximum absolute atomic E-state index is 14.0.